The van der Waals surface area contributed by atoms with E-state index in [1.807, 2.05) is 12.4 Å². The lowest BCUT2D eigenvalue weighted by Crippen LogP contribution is -1.90. The molecule has 64 valence electrons. The third-order valence-electron chi connectivity index (χ3n) is 2.57. The summed E-state index contributed by atoms with van der Waals surface area (Å²) in [6.07, 6.45) is 4.90. The monoisotopic (exact) mass is 170 g/mol. The van der Waals surface area contributed by atoms with Crippen LogP contribution in [0.15, 0.2) is 30.6 Å². The highest BCUT2D eigenvalue weighted by Gasteiger charge is 2.09. The van der Waals surface area contributed by atoms with Crippen LogP contribution in [0.1, 0.15) is 5.56 Å². The predicted molar refractivity (Wildman–Crippen MR) is 53.9 cm³/mol. The molecule has 0 bridgehead atoms. The van der Waals surface area contributed by atoms with Gasteiger partial charge in [-0.1, -0.05) is 0 Å². The summed E-state index contributed by atoms with van der Waals surface area (Å²) in [5, 5.41) is 5.88. The third kappa shape index (κ3) is 0.985. The number of benzene rings is 1. The maximum Gasteiger partial charge on any atom is 0.0379 e. The van der Waals surface area contributed by atoms with E-state index in [2.05, 4.69) is 28.5 Å². The molecule has 0 saturated carbocycles. The Hall–Kier alpha value is -1.57. The molecule has 3 rings (SSSR count). The fourth-order valence-corrected chi connectivity index (χ4v) is 1.89. The molecule has 1 N–H and O–H groups in total. The molecule has 1 aromatic heterocycles. The molecule has 0 spiro atoms. The van der Waals surface area contributed by atoms with Gasteiger partial charge in [-0.25, -0.2) is 0 Å². The van der Waals surface area contributed by atoms with E-state index in [-0.39, 0.29) is 0 Å². The average Bonchev–Trinajstić information content (AvgIpc) is 2.61. The van der Waals surface area contributed by atoms with E-state index in [1.165, 1.54) is 22.0 Å². The fourth-order valence-electron chi connectivity index (χ4n) is 1.89. The Balaban J connectivity index is 2.36. The van der Waals surface area contributed by atoms with Gasteiger partial charge in [-0.2, -0.15) is 0 Å². The van der Waals surface area contributed by atoms with Gasteiger partial charge in [0.1, 0.15) is 0 Å². The van der Waals surface area contributed by atoms with Gasteiger partial charge in [-0.05, 0) is 35.6 Å². The van der Waals surface area contributed by atoms with Gasteiger partial charge in [0.25, 0.3) is 0 Å². The first kappa shape index (κ1) is 6.89. The van der Waals surface area contributed by atoms with Crippen molar-refractivity contribution in [1.29, 1.82) is 0 Å². The molecule has 0 unspecified atom stereocenters. The fraction of sp³-hybridized carbons (Fsp3) is 0.182. The van der Waals surface area contributed by atoms with Crippen LogP contribution < -0.4 is 5.32 Å². The summed E-state index contributed by atoms with van der Waals surface area (Å²) in [6.45, 7) is 1.07. The first-order valence-corrected chi connectivity index (χ1v) is 4.54. The number of hydrogen-bond donors (Lipinski definition) is 1. The molecule has 0 aliphatic carbocycles. The van der Waals surface area contributed by atoms with Gasteiger partial charge in [-0.15, -0.1) is 0 Å². The van der Waals surface area contributed by atoms with E-state index in [4.69, 9.17) is 0 Å². The number of rotatable bonds is 0. The zero-order chi connectivity index (χ0) is 8.67. The van der Waals surface area contributed by atoms with Gasteiger partial charge >= 0.3 is 0 Å². The summed E-state index contributed by atoms with van der Waals surface area (Å²) in [5.74, 6) is 0. The van der Waals surface area contributed by atoms with Crippen LogP contribution in [0.2, 0.25) is 0 Å². The summed E-state index contributed by atoms with van der Waals surface area (Å²) in [4.78, 5) is 4.12. The molecule has 1 aromatic carbocycles. The van der Waals surface area contributed by atoms with Crippen molar-refractivity contribution in [3.8, 4) is 0 Å². The number of anilines is 1. The molecule has 0 radical (unpaired) electrons. The SMILES string of the molecule is c1cc2cc3c(cc2cn1)CCN3. The Morgan fingerprint density at radius 3 is 3.23 bits per heavy atom. The van der Waals surface area contributed by atoms with Crippen LogP contribution in [0, 0.1) is 0 Å². The minimum absolute atomic E-state index is 1.07. The van der Waals surface area contributed by atoms with Crippen LogP contribution in [-0.2, 0) is 6.42 Å². The molecular weight excluding hydrogens is 160 g/mol. The summed E-state index contributed by atoms with van der Waals surface area (Å²) in [6, 6.07) is 6.49. The molecule has 2 heteroatoms. The van der Waals surface area contributed by atoms with Gasteiger partial charge < -0.3 is 5.32 Å². The van der Waals surface area contributed by atoms with Crippen LogP contribution >= 0.6 is 0 Å². The number of nitrogens with zero attached hydrogens (tertiary/aromatic N) is 1. The van der Waals surface area contributed by atoms with Crippen molar-refractivity contribution in [3.05, 3.63) is 36.2 Å². The number of pyridine rings is 1. The van der Waals surface area contributed by atoms with Crippen molar-refractivity contribution < 1.29 is 0 Å². The van der Waals surface area contributed by atoms with Gasteiger partial charge in [0, 0.05) is 30.0 Å². The molecule has 13 heavy (non-hydrogen) atoms. The van der Waals surface area contributed by atoms with Gasteiger partial charge in [0.15, 0.2) is 0 Å². The van der Waals surface area contributed by atoms with Crippen molar-refractivity contribution in [1.82, 2.24) is 4.98 Å². The molecular formula is C11H10N2. The zero-order valence-corrected chi connectivity index (χ0v) is 7.25. The highest BCUT2D eigenvalue weighted by molar-refractivity contribution is 5.87. The molecule has 2 nitrogen and oxygen atoms in total. The molecule has 1 aliphatic heterocycles. The van der Waals surface area contributed by atoms with E-state index >= 15 is 0 Å². The van der Waals surface area contributed by atoms with Gasteiger partial charge in [0.05, 0.1) is 0 Å². The molecule has 0 amide bonds. The van der Waals surface area contributed by atoms with Crippen molar-refractivity contribution in [2.45, 2.75) is 6.42 Å². The minimum Gasteiger partial charge on any atom is -0.384 e. The third-order valence-corrected chi connectivity index (χ3v) is 2.57. The first-order chi connectivity index (χ1) is 6.43. The van der Waals surface area contributed by atoms with Crippen molar-refractivity contribution >= 4 is 16.5 Å². The maximum absolute atomic E-state index is 4.12. The van der Waals surface area contributed by atoms with Gasteiger partial charge in [0.2, 0.25) is 0 Å². The molecule has 0 saturated heterocycles. The summed E-state index contributed by atoms with van der Waals surface area (Å²) in [5.41, 5.74) is 2.71. The maximum atomic E-state index is 4.12. The molecule has 1 aliphatic rings. The van der Waals surface area contributed by atoms with E-state index < -0.39 is 0 Å². The number of hydrogen-bond acceptors (Lipinski definition) is 2. The van der Waals surface area contributed by atoms with Crippen LogP contribution in [-0.4, -0.2) is 11.5 Å². The second-order valence-electron chi connectivity index (χ2n) is 3.41. The van der Waals surface area contributed by atoms with E-state index in [1.54, 1.807) is 0 Å². The minimum atomic E-state index is 1.07. The Labute approximate surface area is 76.6 Å². The first-order valence-electron chi connectivity index (χ1n) is 4.54. The normalized spacial score (nSPS) is 14.2. The van der Waals surface area contributed by atoms with Crippen LogP contribution in [0.25, 0.3) is 10.8 Å². The standard InChI is InChI=1S/C11H10N2/c1-3-12-7-10-5-9-2-4-13-11(9)6-8(1)10/h1,3,5-7,13H,2,4H2. The predicted octanol–water partition coefficient (Wildman–Crippen LogP) is 2.20. The average molecular weight is 170 g/mol. The summed E-state index contributed by atoms with van der Waals surface area (Å²) in [7, 11) is 0. The van der Waals surface area contributed by atoms with E-state index in [0.29, 0.717) is 0 Å². The second kappa shape index (κ2) is 2.46. The molecule has 2 heterocycles. The molecule has 0 fully saturated rings. The lowest BCUT2D eigenvalue weighted by molar-refractivity contribution is 1.11. The number of nitrogens with one attached hydrogen (secondary N) is 1. The van der Waals surface area contributed by atoms with E-state index in [9.17, 15) is 0 Å². The van der Waals surface area contributed by atoms with Crippen LogP contribution in [0.5, 0.6) is 0 Å². The Morgan fingerprint density at radius 1 is 1.23 bits per heavy atom. The quantitative estimate of drug-likeness (QED) is 0.655. The van der Waals surface area contributed by atoms with Crippen molar-refractivity contribution in [2.24, 2.45) is 0 Å². The van der Waals surface area contributed by atoms with Crippen LogP contribution in [0.4, 0.5) is 5.69 Å². The Kier molecular flexibility index (Phi) is 1.30. The number of aromatic nitrogens is 1. The molecule has 0 atom stereocenters. The van der Waals surface area contributed by atoms with Crippen LogP contribution in [0.3, 0.4) is 0 Å². The largest absolute Gasteiger partial charge is 0.384 e. The van der Waals surface area contributed by atoms with Crippen molar-refractivity contribution in [3.63, 3.8) is 0 Å². The highest BCUT2D eigenvalue weighted by Crippen LogP contribution is 2.27. The second-order valence-corrected chi connectivity index (χ2v) is 3.41. The summed E-state index contributed by atoms with van der Waals surface area (Å²) < 4.78 is 0. The summed E-state index contributed by atoms with van der Waals surface area (Å²) >= 11 is 0. The topological polar surface area (TPSA) is 24.9 Å². The lowest BCUT2D eigenvalue weighted by Gasteiger charge is -2.01. The highest BCUT2D eigenvalue weighted by atomic mass is 14.9. The Morgan fingerprint density at radius 2 is 2.23 bits per heavy atom. The van der Waals surface area contributed by atoms with E-state index in [0.717, 1.165) is 13.0 Å². The lowest BCUT2D eigenvalue weighted by atomic mass is 10.1. The smallest absolute Gasteiger partial charge is 0.0379 e. The number of fused-ring (bicyclic) bond motifs is 2. The Bertz CT molecular complexity index is 420. The van der Waals surface area contributed by atoms with Crippen molar-refractivity contribution in [2.75, 3.05) is 11.9 Å². The zero-order valence-electron chi connectivity index (χ0n) is 7.25. The van der Waals surface area contributed by atoms with Gasteiger partial charge in [-0.3, -0.25) is 4.98 Å². The molecule has 2 aromatic rings.